The van der Waals surface area contributed by atoms with Gasteiger partial charge in [-0.05, 0) is 24.3 Å². The van der Waals surface area contributed by atoms with Crippen LogP contribution in [0, 0.1) is 5.82 Å². The highest BCUT2D eigenvalue weighted by molar-refractivity contribution is 5.79. The molecular formula is C10H9FO5. The Morgan fingerprint density at radius 3 is 2.25 bits per heavy atom. The first-order valence-corrected chi connectivity index (χ1v) is 4.36. The standard InChI is InChI=1S/C10H9FO5/c11-6-1-3-7(4-2-6)16-8(10(14)15)5-9(12)13/h1-4,8H,5H2,(H,12,13)(H,14,15). The van der Waals surface area contributed by atoms with E-state index in [2.05, 4.69) is 0 Å². The van der Waals surface area contributed by atoms with Gasteiger partial charge in [-0.15, -0.1) is 0 Å². The molecule has 1 unspecified atom stereocenters. The number of hydrogen-bond acceptors (Lipinski definition) is 3. The maximum absolute atomic E-state index is 12.5. The number of benzene rings is 1. The van der Waals surface area contributed by atoms with E-state index in [-0.39, 0.29) is 5.75 Å². The molecule has 1 aromatic carbocycles. The van der Waals surface area contributed by atoms with Crippen LogP contribution in [0.2, 0.25) is 0 Å². The number of hydrogen-bond donors (Lipinski definition) is 2. The van der Waals surface area contributed by atoms with E-state index in [1.165, 1.54) is 12.1 Å². The number of carboxylic acid groups (broad SMARTS) is 2. The summed E-state index contributed by atoms with van der Waals surface area (Å²) in [7, 11) is 0. The van der Waals surface area contributed by atoms with Crippen molar-refractivity contribution in [1.82, 2.24) is 0 Å². The molecule has 2 N–H and O–H groups in total. The zero-order valence-corrected chi connectivity index (χ0v) is 8.09. The largest absolute Gasteiger partial charge is 0.481 e. The smallest absolute Gasteiger partial charge is 0.345 e. The summed E-state index contributed by atoms with van der Waals surface area (Å²) in [6.07, 6.45) is -2.14. The molecule has 0 radical (unpaired) electrons. The third-order valence-electron chi connectivity index (χ3n) is 1.73. The van der Waals surface area contributed by atoms with Crippen LogP contribution in [0.4, 0.5) is 4.39 Å². The minimum Gasteiger partial charge on any atom is -0.481 e. The number of halogens is 1. The molecule has 16 heavy (non-hydrogen) atoms. The lowest BCUT2D eigenvalue weighted by Gasteiger charge is -2.12. The molecule has 1 rings (SSSR count). The molecule has 0 aromatic heterocycles. The molecule has 0 saturated carbocycles. The molecule has 86 valence electrons. The van der Waals surface area contributed by atoms with E-state index in [0.717, 1.165) is 12.1 Å². The molecule has 5 nitrogen and oxygen atoms in total. The Balaban J connectivity index is 2.71. The minimum atomic E-state index is -1.48. The van der Waals surface area contributed by atoms with Crippen LogP contribution in [-0.4, -0.2) is 28.3 Å². The highest BCUT2D eigenvalue weighted by Crippen LogP contribution is 2.14. The summed E-state index contributed by atoms with van der Waals surface area (Å²) in [5.74, 6) is -3.05. The molecule has 0 aliphatic rings. The van der Waals surface area contributed by atoms with E-state index in [1.54, 1.807) is 0 Å². The SMILES string of the molecule is O=C(O)CC(Oc1ccc(F)cc1)C(=O)O. The van der Waals surface area contributed by atoms with Crippen molar-refractivity contribution in [3.63, 3.8) is 0 Å². The van der Waals surface area contributed by atoms with E-state index in [0.29, 0.717) is 0 Å². The van der Waals surface area contributed by atoms with Crippen LogP contribution in [0.3, 0.4) is 0 Å². The second-order valence-corrected chi connectivity index (χ2v) is 3.00. The fourth-order valence-electron chi connectivity index (χ4n) is 1.02. The Bertz CT molecular complexity index is 387. The third kappa shape index (κ3) is 3.56. The summed E-state index contributed by atoms with van der Waals surface area (Å²) in [6.45, 7) is 0. The summed E-state index contributed by atoms with van der Waals surface area (Å²) in [4.78, 5) is 21.0. The van der Waals surface area contributed by atoms with Crippen molar-refractivity contribution in [1.29, 1.82) is 0 Å². The van der Waals surface area contributed by atoms with Crippen LogP contribution >= 0.6 is 0 Å². The van der Waals surface area contributed by atoms with Crippen LogP contribution in [0.1, 0.15) is 6.42 Å². The number of ether oxygens (including phenoxy) is 1. The highest BCUT2D eigenvalue weighted by Gasteiger charge is 2.22. The minimum absolute atomic E-state index is 0.107. The average Bonchev–Trinajstić information content (AvgIpc) is 2.19. The van der Waals surface area contributed by atoms with Crippen LogP contribution in [-0.2, 0) is 9.59 Å². The van der Waals surface area contributed by atoms with Gasteiger partial charge in [0.05, 0.1) is 6.42 Å². The summed E-state index contributed by atoms with van der Waals surface area (Å²) in [5.41, 5.74) is 0. The van der Waals surface area contributed by atoms with Crippen molar-refractivity contribution in [3.05, 3.63) is 30.1 Å². The van der Waals surface area contributed by atoms with Crippen LogP contribution in [0.25, 0.3) is 0 Å². The second kappa shape index (κ2) is 5.11. The Kier molecular flexibility index (Phi) is 3.82. The lowest BCUT2D eigenvalue weighted by Crippen LogP contribution is -2.29. The van der Waals surface area contributed by atoms with Crippen molar-refractivity contribution in [2.45, 2.75) is 12.5 Å². The maximum atomic E-state index is 12.5. The van der Waals surface area contributed by atoms with Crippen LogP contribution in [0.15, 0.2) is 24.3 Å². The molecule has 0 saturated heterocycles. The van der Waals surface area contributed by atoms with Gasteiger partial charge in [0.15, 0.2) is 0 Å². The van der Waals surface area contributed by atoms with Gasteiger partial charge in [0, 0.05) is 0 Å². The van der Waals surface area contributed by atoms with Crippen molar-refractivity contribution >= 4 is 11.9 Å². The zero-order valence-electron chi connectivity index (χ0n) is 8.09. The Morgan fingerprint density at radius 1 is 1.25 bits per heavy atom. The topological polar surface area (TPSA) is 83.8 Å². The molecule has 1 atom stereocenters. The lowest BCUT2D eigenvalue weighted by atomic mass is 10.2. The van der Waals surface area contributed by atoms with E-state index in [9.17, 15) is 14.0 Å². The van der Waals surface area contributed by atoms with Gasteiger partial charge in [-0.25, -0.2) is 9.18 Å². The van der Waals surface area contributed by atoms with Gasteiger partial charge in [-0.3, -0.25) is 4.79 Å². The molecule has 1 aromatic rings. The van der Waals surface area contributed by atoms with Gasteiger partial charge in [0.2, 0.25) is 6.10 Å². The van der Waals surface area contributed by atoms with Gasteiger partial charge in [0.25, 0.3) is 0 Å². The fraction of sp³-hybridized carbons (Fsp3) is 0.200. The maximum Gasteiger partial charge on any atom is 0.345 e. The van der Waals surface area contributed by atoms with Gasteiger partial charge >= 0.3 is 11.9 Å². The number of carbonyl (C=O) groups is 2. The Labute approximate surface area is 90.1 Å². The summed E-state index contributed by atoms with van der Waals surface area (Å²) in [5, 5.41) is 17.1. The normalized spacial score (nSPS) is 11.8. The Morgan fingerprint density at radius 2 is 1.81 bits per heavy atom. The van der Waals surface area contributed by atoms with Crippen molar-refractivity contribution in [2.75, 3.05) is 0 Å². The molecule has 6 heteroatoms. The molecule has 0 amide bonds. The highest BCUT2D eigenvalue weighted by atomic mass is 19.1. The number of carboxylic acids is 2. The fourth-order valence-corrected chi connectivity index (χ4v) is 1.02. The van der Waals surface area contributed by atoms with Gasteiger partial charge in [-0.1, -0.05) is 0 Å². The first kappa shape index (κ1) is 12.0. The second-order valence-electron chi connectivity index (χ2n) is 3.00. The van der Waals surface area contributed by atoms with Crippen LogP contribution < -0.4 is 4.74 Å². The van der Waals surface area contributed by atoms with Crippen LogP contribution in [0.5, 0.6) is 5.75 Å². The summed E-state index contributed by atoms with van der Waals surface area (Å²) < 4.78 is 17.4. The molecule has 0 bridgehead atoms. The monoisotopic (exact) mass is 228 g/mol. The summed E-state index contributed by atoms with van der Waals surface area (Å²) in [6, 6.07) is 4.64. The van der Waals surface area contributed by atoms with Gasteiger partial charge < -0.3 is 14.9 Å². The van der Waals surface area contributed by atoms with E-state index in [1.807, 2.05) is 0 Å². The first-order chi connectivity index (χ1) is 7.49. The molecule has 0 heterocycles. The zero-order chi connectivity index (χ0) is 12.1. The van der Waals surface area contributed by atoms with Gasteiger partial charge in [0.1, 0.15) is 11.6 Å². The van der Waals surface area contributed by atoms with Crippen molar-refractivity contribution in [2.24, 2.45) is 0 Å². The molecular weight excluding hydrogens is 219 g/mol. The quantitative estimate of drug-likeness (QED) is 0.789. The predicted octanol–water partition coefficient (Wildman–Crippen LogP) is 1.13. The van der Waals surface area contributed by atoms with E-state index < -0.39 is 30.3 Å². The average molecular weight is 228 g/mol. The van der Waals surface area contributed by atoms with E-state index in [4.69, 9.17) is 14.9 Å². The lowest BCUT2D eigenvalue weighted by molar-refractivity contribution is -0.151. The van der Waals surface area contributed by atoms with E-state index >= 15 is 0 Å². The third-order valence-corrected chi connectivity index (χ3v) is 1.73. The molecule has 0 spiro atoms. The molecule has 0 aliphatic heterocycles. The van der Waals surface area contributed by atoms with Crippen molar-refractivity contribution in [3.8, 4) is 5.75 Å². The predicted molar refractivity (Wildman–Crippen MR) is 50.7 cm³/mol. The molecule has 0 aliphatic carbocycles. The number of rotatable bonds is 5. The van der Waals surface area contributed by atoms with Crippen molar-refractivity contribution < 1.29 is 28.9 Å². The Hall–Kier alpha value is -2.11. The number of aliphatic carboxylic acids is 2. The summed E-state index contributed by atoms with van der Waals surface area (Å²) >= 11 is 0. The molecule has 0 fully saturated rings. The van der Waals surface area contributed by atoms with Gasteiger partial charge in [-0.2, -0.15) is 0 Å². The first-order valence-electron chi connectivity index (χ1n) is 4.36.